The van der Waals surface area contributed by atoms with E-state index in [2.05, 4.69) is 46.4 Å². The fraction of sp³-hybridized carbons (Fsp3) is 0.0667. The average Bonchev–Trinajstić information content (AvgIpc) is 3.31. The van der Waals surface area contributed by atoms with Gasteiger partial charge in [0.1, 0.15) is 16.7 Å². The van der Waals surface area contributed by atoms with Crippen molar-refractivity contribution in [2.75, 3.05) is 21.3 Å². The van der Waals surface area contributed by atoms with Crippen molar-refractivity contribution in [1.82, 2.24) is 0 Å². The highest BCUT2D eigenvalue weighted by Crippen LogP contribution is 2.43. The number of hydrogen-bond donors (Lipinski definition) is 0. The van der Waals surface area contributed by atoms with Crippen LogP contribution in [0.25, 0.3) is 14.5 Å². The van der Waals surface area contributed by atoms with Gasteiger partial charge in [-0.25, -0.2) is 28.9 Å². The quantitative estimate of drug-likeness (QED) is 0.0603. The van der Waals surface area contributed by atoms with Crippen LogP contribution in [0.1, 0.15) is 31.1 Å². The molecule has 0 unspecified atom stereocenters. The lowest BCUT2D eigenvalue weighted by Crippen LogP contribution is -2.12. The maximum atomic E-state index is 12.5. The Morgan fingerprint density at radius 2 is 0.696 bits per heavy atom. The predicted octanol–water partition coefficient (Wildman–Crippen LogP) is 18.4. The van der Waals surface area contributed by atoms with Gasteiger partial charge in [0.2, 0.25) is 0 Å². The Bertz CT molecular complexity index is 2770. The van der Waals surface area contributed by atoms with Gasteiger partial charge in [-0.15, -0.1) is 0 Å². The number of rotatable bonds is 9. The van der Waals surface area contributed by atoms with Gasteiger partial charge in [-0.05, 0) is 150 Å². The lowest BCUT2D eigenvalue weighted by molar-refractivity contribution is 0.0719. The molecule has 0 saturated heterocycles. The van der Waals surface area contributed by atoms with Crippen LogP contribution in [-0.4, -0.2) is 39.2 Å². The minimum Gasteiger partial charge on any atom is -0.494 e. The third-order valence-electron chi connectivity index (χ3n) is 8.32. The van der Waals surface area contributed by atoms with E-state index in [1.807, 2.05) is 45.2 Å². The molecule has 0 aliphatic rings. The number of halogens is 12. The van der Waals surface area contributed by atoms with E-state index in [1.165, 1.54) is 82.0 Å². The fourth-order valence-corrected chi connectivity index (χ4v) is 10.5. The SMILES string of the molecule is [C-]#[N+]c1cc(Br)c(OC(=O)c2c(Cl)ccc(Cl)c2OC)c(Br)c1.[C-]#[N+]c1cc(Cl)c(OC(=O)c2c(Cl)ccc(Cl)c2OC)c(Cl)c1.[C-]#[N+]c1cc(I)c(OC(=O)c2c(Cl)ccc(Cl)c2OC)c(I)c1. The van der Waals surface area contributed by atoms with Gasteiger partial charge in [-0.3, -0.25) is 0 Å². The van der Waals surface area contributed by atoms with E-state index in [0.29, 0.717) is 33.2 Å². The molecule has 0 radical (unpaired) electrons. The largest absolute Gasteiger partial charge is 0.494 e. The first kappa shape index (κ1) is 57.9. The molecule has 0 fully saturated rings. The van der Waals surface area contributed by atoms with Crippen LogP contribution in [0.5, 0.6) is 34.5 Å². The Kier molecular flexibility index (Phi) is 22.4. The van der Waals surface area contributed by atoms with Crippen LogP contribution in [-0.2, 0) is 0 Å². The first-order chi connectivity index (χ1) is 32.7. The summed E-state index contributed by atoms with van der Waals surface area (Å²) < 4.78 is 33.6. The number of benzene rings is 6. The highest BCUT2D eigenvalue weighted by Gasteiger charge is 2.26. The summed E-state index contributed by atoms with van der Waals surface area (Å²) in [7, 11) is 4.12. The molecule has 0 amide bonds. The van der Waals surface area contributed by atoms with Crippen LogP contribution >= 0.6 is 170 Å². The summed E-state index contributed by atoms with van der Waals surface area (Å²) in [4.78, 5) is 47.3. The van der Waals surface area contributed by atoms with Crippen molar-refractivity contribution in [2.24, 2.45) is 0 Å². The first-order valence-electron chi connectivity index (χ1n) is 18.0. The standard InChI is InChI=1S/C15H7Br2Cl2NO3.C15H7Cl4NO3.C15H7Cl2I2NO3/c1-20-7-5-8(16)13(9(17)6-7)23-15(21)12-10(18)3-4-11(19)14(12)22-2;1-20-7-5-10(18)13(11(19)6-7)23-15(21)12-8(16)3-4-9(17)14(12)22-2;1-20-7-5-10(18)14(11(19)6-7)23-15(21)12-8(16)3-4-9(17)13(12)22-2/h3*3-6H,2H3. The van der Waals surface area contributed by atoms with Crippen LogP contribution < -0.4 is 28.4 Å². The van der Waals surface area contributed by atoms with Crippen molar-refractivity contribution in [3.63, 3.8) is 0 Å². The summed E-state index contributed by atoms with van der Waals surface area (Å²) in [6, 6.07) is 18.0. The molecule has 0 spiro atoms. The molecule has 6 aromatic carbocycles. The van der Waals surface area contributed by atoms with E-state index >= 15 is 0 Å². The Hall–Kier alpha value is -3.66. The molecule has 0 heterocycles. The number of nitrogens with zero attached hydrogens (tertiary/aromatic N) is 3. The molecule has 0 aromatic heterocycles. The second-order valence-corrected chi connectivity index (χ2v) is 19.8. The smallest absolute Gasteiger partial charge is 0.349 e. The number of carbonyl (C=O) groups is 3. The van der Waals surface area contributed by atoms with Gasteiger partial charge in [0, 0.05) is 7.14 Å². The van der Waals surface area contributed by atoms with Crippen LogP contribution in [0.2, 0.25) is 40.2 Å². The maximum absolute atomic E-state index is 12.5. The van der Waals surface area contributed by atoms with E-state index in [9.17, 15) is 14.4 Å². The van der Waals surface area contributed by atoms with Crippen molar-refractivity contribution in [1.29, 1.82) is 0 Å². The highest BCUT2D eigenvalue weighted by atomic mass is 127. The molecule has 0 atom stereocenters. The second kappa shape index (κ2) is 26.7. The van der Waals surface area contributed by atoms with E-state index in [1.54, 1.807) is 12.1 Å². The number of carbonyl (C=O) groups excluding carboxylic acids is 3. The molecule has 0 bridgehead atoms. The molecular formula is C45H21Br2Cl8I2N3O9. The van der Waals surface area contributed by atoms with E-state index in [4.69, 9.17) is 141 Å². The van der Waals surface area contributed by atoms with Gasteiger partial charge in [0.25, 0.3) is 0 Å². The molecular weight excluding hydrogens is 1420 g/mol. The van der Waals surface area contributed by atoms with Crippen LogP contribution in [0.15, 0.2) is 81.7 Å². The molecule has 69 heavy (non-hydrogen) atoms. The van der Waals surface area contributed by atoms with Gasteiger partial charge < -0.3 is 28.4 Å². The lowest BCUT2D eigenvalue weighted by Gasteiger charge is -2.13. The van der Waals surface area contributed by atoms with Crippen molar-refractivity contribution >= 4 is 205 Å². The average molecular weight is 1440 g/mol. The molecule has 0 saturated carbocycles. The van der Waals surface area contributed by atoms with Crippen molar-refractivity contribution in [3.8, 4) is 34.5 Å². The van der Waals surface area contributed by atoms with E-state index in [0.717, 1.165) is 0 Å². The summed E-state index contributed by atoms with van der Waals surface area (Å²) in [5.41, 5.74) is 1.11. The maximum Gasteiger partial charge on any atom is 0.349 e. The molecule has 6 aromatic rings. The molecule has 12 nitrogen and oxygen atoms in total. The van der Waals surface area contributed by atoms with Crippen molar-refractivity contribution < 1.29 is 42.8 Å². The molecule has 354 valence electrons. The minimum absolute atomic E-state index is 0.0222. The Balaban J connectivity index is 0.000000225. The van der Waals surface area contributed by atoms with Crippen LogP contribution in [0, 0.1) is 26.9 Å². The first-order valence-corrected chi connectivity index (χ1v) is 24.7. The molecule has 0 N–H and O–H groups in total. The summed E-state index contributed by atoms with van der Waals surface area (Å²) in [6.45, 7) is 21.0. The summed E-state index contributed by atoms with van der Waals surface area (Å²) in [5, 5.41) is 1.18. The topological polar surface area (TPSA) is 120 Å². The minimum atomic E-state index is -0.839. The lowest BCUT2D eigenvalue weighted by atomic mass is 10.2. The normalized spacial score (nSPS) is 10.1. The zero-order chi connectivity index (χ0) is 51.4. The summed E-state index contributed by atoms with van der Waals surface area (Å²) in [6.07, 6.45) is 0. The van der Waals surface area contributed by atoms with E-state index < -0.39 is 17.9 Å². The zero-order valence-electron chi connectivity index (χ0n) is 34.5. The third-order valence-corrected chi connectivity index (χ3v) is 13.5. The second-order valence-electron chi connectivity index (χ2n) is 12.5. The van der Waals surface area contributed by atoms with Gasteiger partial charge in [-0.2, -0.15) is 0 Å². The monoisotopic (exact) mass is 1440 g/mol. The van der Waals surface area contributed by atoms with Gasteiger partial charge >= 0.3 is 17.9 Å². The third kappa shape index (κ3) is 14.5. The Morgan fingerprint density at radius 1 is 0.420 bits per heavy atom. The summed E-state index contributed by atoms with van der Waals surface area (Å²) in [5.74, 6) is -1.37. The number of methoxy groups -OCH3 is 3. The zero-order valence-corrected chi connectivity index (χ0v) is 48.0. The van der Waals surface area contributed by atoms with Crippen molar-refractivity contribution in [3.05, 3.63) is 180 Å². The van der Waals surface area contributed by atoms with Gasteiger partial charge in [-0.1, -0.05) is 92.8 Å². The van der Waals surface area contributed by atoms with Gasteiger partial charge in [0.05, 0.1) is 90.2 Å². The molecule has 24 heteroatoms. The number of esters is 3. The molecule has 0 aliphatic heterocycles. The molecule has 6 rings (SSSR count). The van der Waals surface area contributed by atoms with E-state index in [-0.39, 0.29) is 91.3 Å². The Labute approximate surface area is 478 Å². The summed E-state index contributed by atoms with van der Waals surface area (Å²) >= 11 is 58.7. The van der Waals surface area contributed by atoms with Crippen LogP contribution in [0.3, 0.4) is 0 Å². The fourth-order valence-electron chi connectivity index (χ4n) is 5.33. The highest BCUT2D eigenvalue weighted by molar-refractivity contribution is 14.1. The van der Waals surface area contributed by atoms with Gasteiger partial charge in [0.15, 0.2) is 51.6 Å². The van der Waals surface area contributed by atoms with Crippen molar-refractivity contribution in [2.45, 2.75) is 0 Å². The number of ether oxygens (including phenoxy) is 6. The van der Waals surface area contributed by atoms with Crippen LogP contribution in [0.4, 0.5) is 17.1 Å². The predicted molar refractivity (Wildman–Crippen MR) is 293 cm³/mol. The molecule has 0 aliphatic carbocycles. The Morgan fingerprint density at radius 3 is 1.01 bits per heavy atom. The number of hydrogen-bond acceptors (Lipinski definition) is 9.